The normalized spacial score (nSPS) is 43.0. The van der Waals surface area contributed by atoms with E-state index < -0.39 is 0 Å². The zero-order valence-corrected chi connectivity index (χ0v) is 15.8. The van der Waals surface area contributed by atoms with Crippen LogP contribution < -0.4 is 0 Å². The topological polar surface area (TPSA) is 0 Å². The zero-order valence-electron chi connectivity index (χ0n) is 15.8. The first-order valence-electron chi connectivity index (χ1n) is 10.8. The van der Waals surface area contributed by atoms with Crippen molar-refractivity contribution < 1.29 is 0 Å². The van der Waals surface area contributed by atoms with E-state index in [4.69, 9.17) is 0 Å². The molecule has 2 aromatic carbocycles. The molecule has 4 aliphatic rings. The first-order chi connectivity index (χ1) is 12.2. The van der Waals surface area contributed by atoms with Crippen molar-refractivity contribution in [3.63, 3.8) is 0 Å². The molecule has 0 aromatic heterocycles. The third-order valence-corrected chi connectivity index (χ3v) is 9.07. The average molecular weight is 331 g/mol. The smallest absolute Gasteiger partial charge is 0.00525 e. The zero-order chi connectivity index (χ0) is 16.9. The van der Waals surface area contributed by atoms with E-state index in [1.54, 1.807) is 16.5 Å². The Bertz CT molecular complexity index is 827. The summed E-state index contributed by atoms with van der Waals surface area (Å²) in [5.74, 6) is 7.72. The minimum atomic E-state index is 0.844. The highest BCUT2D eigenvalue weighted by atomic mass is 14.7. The molecular formula is C25H30. The van der Waals surface area contributed by atoms with Gasteiger partial charge in [-0.2, -0.15) is 0 Å². The second kappa shape index (κ2) is 4.90. The number of aryl methyl sites for hydroxylation is 1. The Kier molecular flexibility index (Phi) is 2.91. The van der Waals surface area contributed by atoms with Gasteiger partial charge in [0.25, 0.3) is 0 Å². The van der Waals surface area contributed by atoms with E-state index in [1.165, 1.54) is 36.6 Å². The molecule has 2 aromatic rings. The molecule has 25 heavy (non-hydrogen) atoms. The fourth-order valence-electron chi connectivity index (χ4n) is 8.43. The van der Waals surface area contributed by atoms with Crippen LogP contribution in [0.15, 0.2) is 30.3 Å². The van der Waals surface area contributed by atoms with Gasteiger partial charge in [-0.1, -0.05) is 57.0 Å². The Balaban J connectivity index is 1.54. The van der Waals surface area contributed by atoms with E-state index in [0.717, 1.165) is 47.3 Å². The lowest BCUT2D eigenvalue weighted by atomic mass is 9.65. The Morgan fingerprint density at radius 3 is 2.08 bits per heavy atom. The molecule has 3 saturated carbocycles. The molecule has 3 fully saturated rings. The van der Waals surface area contributed by atoms with E-state index >= 15 is 0 Å². The third-order valence-electron chi connectivity index (χ3n) is 9.07. The summed E-state index contributed by atoms with van der Waals surface area (Å²) in [6, 6.07) is 12.1. The minimum absolute atomic E-state index is 0.844. The van der Waals surface area contributed by atoms with Gasteiger partial charge >= 0.3 is 0 Å². The maximum atomic E-state index is 2.51. The van der Waals surface area contributed by atoms with Gasteiger partial charge in [-0.05, 0) is 94.6 Å². The molecule has 0 heterocycles. The summed E-state index contributed by atoms with van der Waals surface area (Å²) in [5, 5.41) is 3.20. The number of hydrogen-bond acceptors (Lipinski definition) is 0. The SMILES string of the molecule is CCC1CC(CC)C2C3CC(C4c5cccc6c(C)ccc(c56)C34)C12. The summed E-state index contributed by atoms with van der Waals surface area (Å²) in [6.45, 7) is 7.20. The second-order valence-corrected chi connectivity index (χ2v) is 9.58. The van der Waals surface area contributed by atoms with Crippen molar-refractivity contribution in [1.29, 1.82) is 0 Å². The van der Waals surface area contributed by atoms with E-state index in [1.807, 2.05) is 0 Å². The van der Waals surface area contributed by atoms with Gasteiger partial charge in [-0.25, -0.2) is 0 Å². The van der Waals surface area contributed by atoms with Gasteiger partial charge in [-0.15, -0.1) is 0 Å². The van der Waals surface area contributed by atoms with Gasteiger partial charge in [0.1, 0.15) is 0 Å². The third kappa shape index (κ3) is 1.61. The van der Waals surface area contributed by atoms with Crippen LogP contribution in [0.25, 0.3) is 10.8 Å². The highest BCUT2D eigenvalue weighted by Crippen LogP contribution is 2.74. The van der Waals surface area contributed by atoms with Crippen molar-refractivity contribution in [3.05, 3.63) is 47.0 Å². The summed E-state index contributed by atoms with van der Waals surface area (Å²) >= 11 is 0. The number of fused-ring (bicyclic) bond motifs is 10. The van der Waals surface area contributed by atoms with E-state index in [-0.39, 0.29) is 0 Å². The van der Waals surface area contributed by atoms with Gasteiger partial charge in [0.2, 0.25) is 0 Å². The molecule has 8 atom stereocenters. The Hall–Kier alpha value is -1.30. The van der Waals surface area contributed by atoms with E-state index in [0.29, 0.717) is 0 Å². The summed E-state index contributed by atoms with van der Waals surface area (Å²) < 4.78 is 0. The molecular weight excluding hydrogens is 300 g/mol. The van der Waals surface area contributed by atoms with E-state index in [2.05, 4.69) is 51.1 Å². The van der Waals surface area contributed by atoms with Crippen LogP contribution in [0.1, 0.15) is 68.1 Å². The van der Waals surface area contributed by atoms with Gasteiger partial charge < -0.3 is 0 Å². The Morgan fingerprint density at radius 2 is 1.44 bits per heavy atom. The van der Waals surface area contributed by atoms with Gasteiger partial charge in [0, 0.05) is 0 Å². The molecule has 0 spiro atoms. The molecule has 8 unspecified atom stereocenters. The quantitative estimate of drug-likeness (QED) is 0.577. The lowest BCUT2D eigenvalue weighted by molar-refractivity contribution is 0.149. The molecule has 6 rings (SSSR count). The molecule has 0 N–H and O–H groups in total. The molecule has 130 valence electrons. The predicted molar refractivity (Wildman–Crippen MR) is 105 cm³/mol. The fraction of sp³-hybridized carbons (Fsp3) is 0.600. The molecule has 0 heteroatoms. The number of benzene rings is 2. The van der Waals surface area contributed by atoms with Crippen molar-refractivity contribution in [2.24, 2.45) is 35.5 Å². The van der Waals surface area contributed by atoms with Crippen LogP contribution in [0.2, 0.25) is 0 Å². The van der Waals surface area contributed by atoms with Crippen LogP contribution in [-0.4, -0.2) is 0 Å². The van der Waals surface area contributed by atoms with Crippen LogP contribution >= 0.6 is 0 Å². The van der Waals surface area contributed by atoms with Crippen LogP contribution in [0.5, 0.6) is 0 Å². The lowest BCUT2D eigenvalue weighted by Crippen LogP contribution is -2.32. The largest absolute Gasteiger partial charge is 0.0651 e. The summed E-state index contributed by atoms with van der Waals surface area (Å²) in [6.07, 6.45) is 5.88. The standard InChI is InChI=1S/C25H30/c1-4-14-11-15(5-2)22-20-12-19(21(14)22)24-17-8-6-7-16-13(3)9-10-18(23(16)17)25(20)24/h6-10,14-15,19-22,24-25H,4-5,11-12H2,1-3H3. The predicted octanol–water partition coefficient (Wildman–Crippen LogP) is 6.67. The second-order valence-electron chi connectivity index (χ2n) is 9.58. The van der Waals surface area contributed by atoms with Gasteiger partial charge in [0.15, 0.2) is 0 Å². The number of hydrogen-bond donors (Lipinski definition) is 0. The van der Waals surface area contributed by atoms with Crippen molar-refractivity contribution in [2.75, 3.05) is 0 Å². The molecule has 0 nitrogen and oxygen atoms in total. The summed E-state index contributed by atoms with van der Waals surface area (Å²) in [5.41, 5.74) is 4.91. The monoisotopic (exact) mass is 330 g/mol. The van der Waals surface area contributed by atoms with Crippen LogP contribution in [0.4, 0.5) is 0 Å². The molecule has 0 aliphatic heterocycles. The minimum Gasteiger partial charge on any atom is -0.0651 e. The van der Waals surface area contributed by atoms with Crippen molar-refractivity contribution in [1.82, 2.24) is 0 Å². The highest BCUT2D eigenvalue weighted by molar-refractivity contribution is 5.95. The van der Waals surface area contributed by atoms with Crippen molar-refractivity contribution in [3.8, 4) is 0 Å². The van der Waals surface area contributed by atoms with E-state index in [9.17, 15) is 0 Å². The Morgan fingerprint density at radius 1 is 0.800 bits per heavy atom. The van der Waals surface area contributed by atoms with Crippen LogP contribution in [-0.2, 0) is 0 Å². The lowest BCUT2D eigenvalue weighted by Gasteiger charge is -2.39. The number of rotatable bonds is 2. The molecule has 2 bridgehead atoms. The maximum absolute atomic E-state index is 2.51. The molecule has 0 radical (unpaired) electrons. The van der Waals surface area contributed by atoms with Crippen LogP contribution in [0.3, 0.4) is 0 Å². The van der Waals surface area contributed by atoms with Gasteiger partial charge in [-0.3, -0.25) is 0 Å². The first kappa shape index (κ1) is 14.8. The Labute approximate surface area is 152 Å². The van der Waals surface area contributed by atoms with Crippen molar-refractivity contribution >= 4 is 10.8 Å². The summed E-state index contributed by atoms with van der Waals surface area (Å²) in [7, 11) is 0. The average Bonchev–Trinajstić information content (AvgIpc) is 3.35. The van der Waals surface area contributed by atoms with Crippen molar-refractivity contribution in [2.45, 2.75) is 58.3 Å². The van der Waals surface area contributed by atoms with Crippen LogP contribution in [0, 0.1) is 42.4 Å². The fourth-order valence-corrected chi connectivity index (χ4v) is 8.43. The molecule has 0 saturated heterocycles. The first-order valence-corrected chi connectivity index (χ1v) is 10.8. The summed E-state index contributed by atoms with van der Waals surface area (Å²) in [4.78, 5) is 0. The maximum Gasteiger partial charge on any atom is -0.00525 e. The van der Waals surface area contributed by atoms with Gasteiger partial charge in [0.05, 0.1) is 0 Å². The molecule has 0 amide bonds. The molecule has 4 aliphatic carbocycles. The highest BCUT2D eigenvalue weighted by Gasteiger charge is 2.65.